The van der Waals surface area contributed by atoms with Gasteiger partial charge in [0.15, 0.2) is 0 Å². The lowest BCUT2D eigenvalue weighted by molar-refractivity contribution is -0.395. The highest BCUT2D eigenvalue weighted by Gasteiger charge is 2.20. The number of nitrogens with one attached hydrogen (secondary N) is 2. The second kappa shape index (κ2) is 20.4. The molecule has 0 heterocycles. The zero-order valence-electron chi connectivity index (χ0n) is 21.0. The molecule has 0 aliphatic heterocycles. The van der Waals surface area contributed by atoms with Crippen LogP contribution in [0.25, 0.3) is 0 Å². The molecular formula is C21H50B2N3O3+. The number of carboxylic acids is 1. The summed E-state index contributed by atoms with van der Waals surface area (Å²) in [5, 5.41) is 13.2. The molecule has 0 aliphatic rings. The summed E-state index contributed by atoms with van der Waals surface area (Å²) in [6.45, 7) is 19.7. The van der Waals surface area contributed by atoms with Crippen LogP contribution in [0, 0.1) is 11.8 Å². The predicted molar refractivity (Wildman–Crippen MR) is 129 cm³/mol. The summed E-state index contributed by atoms with van der Waals surface area (Å²) < 4.78 is 0. The fraction of sp³-hybridized carbons (Fsp3) is 0.905. The van der Waals surface area contributed by atoms with Gasteiger partial charge in [-0.3, -0.25) is 9.59 Å². The van der Waals surface area contributed by atoms with Gasteiger partial charge in [0.2, 0.25) is 6.71 Å². The van der Waals surface area contributed by atoms with Crippen molar-refractivity contribution in [1.29, 1.82) is 0 Å². The topological polar surface area (TPSA) is 106 Å². The molecule has 0 bridgehead atoms. The van der Waals surface area contributed by atoms with Gasteiger partial charge in [0.1, 0.15) is 12.5 Å². The monoisotopic (exact) mass is 414 g/mol. The second-order valence-electron chi connectivity index (χ2n) is 9.46. The first-order valence-corrected chi connectivity index (χ1v) is 11.1. The maximum atomic E-state index is 11.5. The molecule has 29 heavy (non-hydrogen) atoms. The number of carboxylic acid groups (broad SMARTS) is 1. The molecule has 0 radical (unpaired) electrons. The van der Waals surface area contributed by atoms with Gasteiger partial charge in [0.25, 0.3) is 0 Å². The summed E-state index contributed by atoms with van der Waals surface area (Å²) in [5.74, 6) is 2.20. The SMILES string of the molecule is CB(C)[C@@H]([NH3+])CC(C)C.CNCC(=O)C[C@@H](CC(C)C)B(C)C.CNCC(=O)O. The van der Waals surface area contributed by atoms with Crippen LogP contribution >= 0.6 is 0 Å². The van der Waals surface area contributed by atoms with Gasteiger partial charge in [0.05, 0.1) is 19.0 Å². The molecule has 0 aliphatic carbocycles. The summed E-state index contributed by atoms with van der Waals surface area (Å²) in [4.78, 5) is 21.0. The van der Waals surface area contributed by atoms with E-state index in [1.807, 2.05) is 7.05 Å². The lowest BCUT2D eigenvalue weighted by atomic mass is 9.42. The number of Topliss-reactive ketones (excluding diaryl/α,β-unsaturated/α-hetero) is 1. The molecule has 0 amide bonds. The van der Waals surface area contributed by atoms with Crippen LogP contribution in [0.5, 0.6) is 0 Å². The van der Waals surface area contributed by atoms with Crippen LogP contribution in [0.15, 0.2) is 0 Å². The van der Waals surface area contributed by atoms with Gasteiger partial charge in [-0.1, -0.05) is 67.2 Å². The average molecular weight is 414 g/mol. The number of hydrogen-bond acceptors (Lipinski definition) is 4. The van der Waals surface area contributed by atoms with Crippen LogP contribution < -0.4 is 16.4 Å². The van der Waals surface area contributed by atoms with Crippen molar-refractivity contribution in [2.24, 2.45) is 11.8 Å². The largest absolute Gasteiger partial charge is 0.480 e. The standard InChI is InChI=1S/C11H24BNO.C7H18BN.C3H7NO2/c1-9(2)6-10(12(3)4)7-11(14)8-13-5;1-6(2)5-7(9)8(3)4;1-4-2-3(5)6/h9-10,13H,6-8H2,1-5H3;6-7H,5,9H2,1-4H3;4H,2H2,1H3,(H,5,6)/p+1/t10-;7-;/m10./s1. The quantitative estimate of drug-likeness (QED) is 0.368. The van der Waals surface area contributed by atoms with Gasteiger partial charge >= 0.3 is 5.97 Å². The van der Waals surface area contributed by atoms with Crippen molar-refractivity contribution in [3.05, 3.63) is 0 Å². The summed E-state index contributed by atoms with van der Waals surface area (Å²) in [5.41, 5.74) is 4.08. The highest BCUT2D eigenvalue weighted by Crippen LogP contribution is 2.24. The minimum atomic E-state index is -0.822. The van der Waals surface area contributed by atoms with E-state index in [1.165, 1.54) is 6.42 Å². The Morgan fingerprint density at radius 2 is 1.31 bits per heavy atom. The molecule has 0 saturated heterocycles. The Hall–Kier alpha value is -0.850. The van der Waals surface area contributed by atoms with Crippen LogP contribution in [0.2, 0.25) is 33.1 Å². The summed E-state index contributed by atoms with van der Waals surface area (Å²) in [7, 11) is 3.42. The molecule has 2 atom stereocenters. The van der Waals surface area contributed by atoms with E-state index in [4.69, 9.17) is 5.11 Å². The third kappa shape index (κ3) is 27.1. The molecule has 0 rings (SSSR count). The van der Waals surface area contributed by atoms with Crippen LogP contribution in [-0.2, 0) is 9.59 Å². The van der Waals surface area contributed by atoms with Crippen molar-refractivity contribution in [3.8, 4) is 0 Å². The van der Waals surface area contributed by atoms with E-state index in [2.05, 4.69) is 71.4 Å². The number of likely N-dealkylation sites (N-methyl/N-ethyl adjacent to an activating group) is 2. The number of carbonyl (C=O) groups excluding carboxylic acids is 1. The number of rotatable bonds is 12. The normalized spacial score (nSPS) is 12.3. The molecular weight excluding hydrogens is 364 g/mol. The van der Waals surface area contributed by atoms with Crippen molar-refractivity contribution in [2.45, 2.75) is 86.0 Å². The molecule has 0 unspecified atom stereocenters. The minimum absolute atomic E-state index is 0.0417. The Labute approximate surface area is 181 Å². The van der Waals surface area contributed by atoms with E-state index in [9.17, 15) is 9.59 Å². The van der Waals surface area contributed by atoms with Crippen LogP contribution in [0.3, 0.4) is 0 Å². The van der Waals surface area contributed by atoms with Crippen molar-refractivity contribution >= 4 is 25.2 Å². The highest BCUT2D eigenvalue weighted by atomic mass is 16.4. The fourth-order valence-corrected chi connectivity index (χ4v) is 2.79. The smallest absolute Gasteiger partial charge is 0.317 e. The van der Waals surface area contributed by atoms with Crippen molar-refractivity contribution in [1.82, 2.24) is 10.6 Å². The van der Waals surface area contributed by atoms with E-state index >= 15 is 0 Å². The molecule has 0 aromatic carbocycles. The Morgan fingerprint density at radius 3 is 1.52 bits per heavy atom. The van der Waals surface area contributed by atoms with Crippen LogP contribution in [-0.4, -0.2) is 63.4 Å². The average Bonchev–Trinajstić information content (AvgIpc) is 2.54. The summed E-state index contributed by atoms with van der Waals surface area (Å²) >= 11 is 0. The predicted octanol–water partition coefficient (Wildman–Crippen LogP) is 2.56. The van der Waals surface area contributed by atoms with Crippen molar-refractivity contribution < 1.29 is 20.4 Å². The number of hydrogen-bond donors (Lipinski definition) is 4. The summed E-state index contributed by atoms with van der Waals surface area (Å²) in [6.07, 6.45) is 3.15. The van der Waals surface area contributed by atoms with E-state index in [-0.39, 0.29) is 6.54 Å². The molecule has 0 aromatic rings. The first-order valence-electron chi connectivity index (χ1n) is 11.1. The molecule has 6 N–H and O–H groups in total. The van der Waals surface area contributed by atoms with E-state index in [1.54, 1.807) is 7.05 Å². The maximum Gasteiger partial charge on any atom is 0.317 e. The molecule has 0 spiro atoms. The van der Waals surface area contributed by atoms with Gasteiger partial charge in [-0.05, 0) is 32.4 Å². The van der Waals surface area contributed by atoms with Crippen LogP contribution in [0.4, 0.5) is 0 Å². The van der Waals surface area contributed by atoms with Crippen molar-refractivity contribution in [3.63, 3.8) is 0 Å². The Morgan fingerprint density at radius 1 is 0.862 bits per heavy atom. The second-order valence-corrected chi connectivity index (χ2v) is 9.46. The number of ketones is 1. The summed E-state index contributed by atoms with van der Waals surface area (Å²) in [6, 6.07) is 0. The number of quaternary nitrogens is 1. The molecule has 172 valence electrons. The van der Waals surface area contributed by atoms with Gasteiger partial charge in [0, 0.05) is 6.42 Å². The molecule has 0 fully saturated rings. The van der Waals surface area contributed by atoms with E-state index < -0.39 is 5.97 Å². The zero-order chi connectivity index (χ0) is 23.6. The molecule has 0 aromatic heterocycles. The van der Waals surface area contributed by atoms with E-state index in [0.717, 1.165) is 25.5 Å². The lowest BCUT2D eigenvalue weighted by Gasteiger charge is -2.20. The Balaban J connectivity index is -0.000000386. The maximum absolute atomic E-state index is 11.5. The van der Waals surface area contributed by atoms with E-state index in [0.29, 0.717) is 36.7 Å². The first kappa shape index (κ1) is 32.8. The highest BCUT2D eigenvalue weighted by molar-refractivity contribution is 6.57. The lowest BCUT2D eigenvalue weighted by Crippen LogP contribution is -2.67. The molecule has 6 nitrogen and oxygen atoms in total. The third-order valence-electron chi connectivity index (χ3n) is 4.63. The number of carbonyl (C=O) groups is 2. The molecule has 0 saturated carbocycles. The van der Waals surface area contributed by atoms with Gasteiger partial charge in [-0.15, -0.1) is 0 Å². The van der Waals surface area contributed by atoms with Gasteiger partial charge in [-0.2, -0.15) is 0 Å². The first-order chi connectivity index (χ1) is 13.3. The molecule has 8 heteroatoms. The third-order valence-corrected chi connectivity index (χ3v) is 4.63. The van der Waals surface area contributed by atoms with Crippen molar-refractivity contribution in [2.75, 3.05) is 27.2 Å². The zero-order valence-corrected chi connectivity index (χ0v) is 21.0. The van der Waals surface area contributed by atoms with Crippen LogP contribution in [0.1, 0.15) is 47.0 Å². The van der Waals surface area contributed by atoms with Gasteiger partial charge in [-0.25, -0.2) is 0 Å². The fourth-order valence-electron chi connectivity index (χ4n) is 2.79. The Kier molecular flexibility index (Phi) is 23.1. The van der Waals surface area contributed by atoms with Gasteiger partial charge < -0.3 is 21.5 Å². The number of aliphatic carboxylic acids is 1. The Bertz CT molecular complexity index is 407. The minimum Gasteiger partial charge on any atom is -0.480 e.